The summed E-state index contributed by atoms with van der Waals surface area (Å²) in [7, 11) is -3.09. The van der Waals surface area contributed by atoms with Gasteiger partial charge in [0.15, 0.2) is 9.84 Å². The Morgan fingerprint density at radius 2 is 1.71 bits per heavy atom. The van der Waals surface area contributed by atoms with Crippen molar-refractivity contribution in [2.75, 3.05) is 11.6 Å². The predicted octanol–water partition coefficient (Wildman–Crippen LogP) is 2.48. The molecule has 0 bridgehead atoms. The fourth-order valence-electron chi connectivity index (χ4n) is 1.13. The van der Waals surface area contributed by atoms with Gasteiger partial charge in [0.2, 0.25) is 0 Å². The van der Waals surface area contributed by atoms with Crippen molar-refractivity contribution in [1.82, 2.24) is 0 Å². The van der Waals surface area contributed by atoms with Gasteiger partial charge >= 0.3 is 0 Å². The van der Waals surface area contributed by atoms with Crippen molar-refractivity contribution >= 4 is 21.4 Å². The first-order valence-electron chi connectivity index (χ1n) is 4.50. The number of sulfone groups is 1. The summed E-state index contributed by atoms with van der Waals surface area (Å²) in [5.41, 5.74) is 0. The Morgan fingerprint density at radius 1 is 1.07 bits per heavy atom. The van der Waals surface area contributed by atoms with Crippen LogP contribution in [0.3, 0.4) is 0 Å². The first-order chi connectivity index (χ1) is 6.67. The van der Waals surface area contributed by atoms with Gasteiger partial charge in [0, 0.05) is 5.88 Å². The Labute approximate surface area is 89.8 Å². The molecular weight excluding hydrogens is 220 g/mol. The second kappa shape index (κ2) is 5.37. The zero-order valence-electron chi connectivity index (χ0n) is 7.82. The first-order valence-corrected chi connectivity index (χ1v) is 6.69. The summed E-state index contributed by atoms with van der Waals surface area (Å²) < 4.78 is 23.3. The van der Waals surface area contributed by atoms with Crippen LogP contribution in [0.4, 0.5) is 0 Å². The fourth-order valence-corrected chi connectivity index (χ4v) is 2.71. The maximum atomic E-state index is 11.7. The lowest BCUT2D eigenvalue weighted by molar-refractivity contribution is 0.593. The molecule has 0 fully saturated rings. The summed E-state index contributed by atoms with van der Waals surface area (Å²) in [6.07, 6.45) is 1.37. The molecule has 0 N–H and O–H groups in total. The van der Waals surface area contributed by atoms with Gasteiger partial charge in [-0.2, -0.15) is 0 Å². The Kier molecular flexibility index (Phi) is 4.42. The van der Waals surface area contributed by atoms with E-state index in [0.717, 1.165) is 6.42 Å². The van der Waals surface area contributed by atoms with Crippen LogP contribution in [0.2, 0.25) is 0 Å². The lowest BCUT2D eigenvalue weighted by Crippen LogP contribution is -2.06. The molecule has 0 spiro atoms. The lowest BCUT2D eigenvalue weighted by Gasteiger charge is -2.02. The van der Waals surface area contributed by atoms with E-state index in [1.807, 2.05) is 0 Å². The van der Waals surface area contributed by atoms with E-state index >= 15 is 0 Å². The van der Waals surface area contributed by atoms with E-state index < -0.39 is 9.84 Å². The van der Waals surface area contributed by atoms with Crippen LogP contribution in [-0.2, 0) is 9.84 Å². The molecule has 1 aromatic rings. The third-order valence-electron chi connectivity index (χ3n) is 1.90. The summed E-state index contributed by atoms with van der Waals surface area (Å²) >= 11 is 5.48. The highest BCUT2D eigenvalue weighted by Gasteiger charge is 2.12. The molecule has 0 radical (unpaired) electrons. The fraction of sp³-hybridized carbons (Fsp3) is 0.400. The quantitative estimate of drug-likeness (QED) is 0.578. The topological polar surface area (TPSA) is 34.1 Å². The third kappa shape index (κ3) is 3.31. The summed E-state index contributed by atoms with van der Waals surface area (Å²) in [4.78, 5) is 0.398. The van der Waals surface area contributed by atoms with Gasteiger partial charge in [-0.1, -0.05) is 18.2 Å². The molecular formula is C10H13ClO2S. The van der Waals surface area contributed by atoms with E-state index in [1.54, 1.807) is 30.3 Å². The van der Waals surface area contributed by atoms with Gasteiger partial charge in [-0.15, -0.1) is 11.6 Å². The van der Waals surface area contributed by atoms with Crippen molar-refractivity contribution in [1.29, 1.82) is 0 Å². The molecule has 0 aliphatic heterocycles. The lowest BCUT2D eigenvalue weighted by atomic mass is 10.4. The highest BCUT2D eigenvalue weighted by molar-refractivity contribution is 7.91. The Bertz CT molecular complexity index is 359. The van der Waals surface area contributed by atoms with E-state index in [9.17, 15) is 8.42 Å². The van der Waals surface area contributed by atoms with Crippen LogP contribution in [0.15, 0.2) is 35.2 Å². The molecule has 0 aromatic heterocycles. The van der Waals surface area contributed by atoms with Crippen molar-refractivity contribution in [3.8, 4) is 0 Å². The van der Waals surface area contributed by atoms with E-state index in [-0.39, 0.29) is 5.75 Å². The van der Waals surface area contributed by atoms with Crippen LogP contribution >= 0.6 is 11.6 Å². The molecule has 4 heteroatoms. The molecule has 14 heavy (non-hydrogen) atoms. The van der Waals surface area contributed by atoms with Gasteiger partial charge in [-0.05, 0) is 25.0 Å². The maximum absolute atomic E-state index is 11.7. The van der Waals surface area contributed by atoms with E-state index in [0.29, 0.717) is 17.2 Å². The molecule has 0 atom stereocenters. The van der Waals surface area contributed by atoms with Gasteiger partial charge in [0.1, 0.15) is 0 Å². The molecule has 0 saturated carbocycles. The minimum absolute atomic E-state index is 0.184. The summed E-state index contributed by atoms with van der Waals surface area (Å²) in [6.45, 7) is 0. The normalized spacial score (nSPS) is 11.5. The molecule has 0 heterocycles. The van der Waals surface area contributed by atoms with Crippen molar-refractivity contribution < 1.29 is 8.42 Å². The van der Waals surface area contributed by atoms with Crippen LogP contribution in [0.25, 0.3) is 0 Å². The van der Waals surface area contributed by atoms with Crippen LogP contribution in [0.5, 0.6) is 0 Å². The third-order valence-corrected chi connectivity index (χ3v) is 3.98. The van der Waals surface area contributed by atoms with Gasteiger partial charge in [-0.25, -0.2) is 8.42 Å². The largest absolute Gasteiger partial charge is 0.224 e. The average molecular weight is 233 g/mol. The Balaban J connectivity index is 2.67. The minimum atomic E-state index is -3.09. The summed E-state index contributed by atoms with van der Waals surface area (Å²) in [5, 5.41) is 0. The second-order valence-electron chi connectivity index (χ2n) is 3.03. The Hall–Kier alpha value is -0.540. The number of rotatable bonds is 5. The number of benzene rings is 1. The molecule has 2 nitrogen and oxygen atoms in total. The van der Waals surface area contributed by atoms with E-state index in [4.69, 9.17) is 11.6 Å². The van der Waals surface area contributed by atoms with Gasteiger partial charge in [0.05, 0.1) is 10.6 Å². The zero-order chi connectivity index (χ0) is 10.4. The molecule has 0 aliphatic carbocycles. The minimum Gasteiger partial charge on any atom is -0.224 e. The number of alkyl halides is 1. The predicted molar refractivity (Wildman–Crippen MR) is 58.4 cm³/mol. The molecule has 0 unspecified atom stereocenters. The van der Waals surface area contributed by atoms with Crippen LogP contribution in [0.1, 0.15) is 12.8 Å². The standard InChI is InChI=1S/C10H13ClO2S/c11-8-4-5-9-14(12,13)10-6-2-1-3-7-10/h1-3,6-7H,4-5,8-9H2. The van der Waals surface area contributed by atoms with E-state index in [2.05, 4.69) is 0 Å². The number of hydrogen-bond acceptors (Lipinski definition) is 2. The number of unbranched alkanes of at least 4 members (excludes halogenated alkanes) is 1. The average Bonchev–Trinajstić information content (AvgIpc) is 2.19. The summed E-state index contributed by atoms with van der Waals surface area (Å²) in [6, 6.07) is 8.51. The molecule has 0 saturated heterocycles. The molecule has 1 rings (SSSR count). The van der Waals surface area contributed by atoms with Crippen molar-refractivity contribution in [3.05, 3.63) is 30.3 Å². The molecule has 0 aliphatic rings. The van der Waals surface area contributed by atoms with Crippen LogP contribution < -0.4 is 0 Å². The second-order valence-corrected chi connectivity index (χ2v) is 5.52. The first kappa shape index (κ1) is 11.5. The highest BCUT2D eigenvalue weighted by Crippen LogP contribution is 2.11. The van der Waals surface area contributed by atoms with Crippen molar-refractivity contribution in [2.45, 2.75) is 17.7 Å². The zero-order valence-corrected chi connectivity index (χ0v) is 9.39. The Morgan fingerprint density at radius 3 is 2.29 bits per heavy atom. The number of halogens is 1. The van der Waals surface area contributed by atoms with E-state index in [1.165, 1.54) is 0 Å². The molecule has 0 amide bonds. The number of hydrogen-bond donors (Lipinski definition) is 0. The van der Waals surface area contributed by atoms with Crippen LogP contribution in [0, 0.1) is 0 Å². The van der Waals surface area contributed by atoms with Crippen molar-refractivity contribution in [2.24, 2.45) is 0 Å². The van der Waals surface area contributed by atoms with Gasteiger partial charge < -0.3 is 0 Å². The van der Waals surface area contributed by atoms with Crippen molar-refractivity contribution in [3.63, 3.8) is 0 Å². The highest BCUT2D eigenvalue weighted by atomic mass is 35.5. The SMILES string of the molecule is O=S(=O)(CCCCCl)c1ccccc1. The summed E-state index contributed by atoms with van der Waals surface area (Å²) in [5.74, 6) is 0.702. The van der Waals surface area contributed by atoms with Gasteiger partial charge in [-0.3, -0.25) is 0 Å². The van der Waals surface area contributed by atoms with Gasteiger partial charge in [0.25, 0.3) is 0 Å². The smallest absolute Gasteiger partial charge is 0.178 e. The molecule has 1 aromatic carbocycles. The monoisotopic (exact) mass is 232 g/mol. The maximum Gasteiger partial charge on any atom is 0.178 e. The van der Waals surface area contributed by atoms with Crippen LogP contribution in [-0.4, -0.2) is 20.1 Å². The molecule has 78 valence electrons.